The summed E-state index contributed by atoms with van der Waals surface area (Å²) in [6.07, 6.45) is 9.53. The predicted molar refractivity (Wildman–Crippen MR) is 77.3 cm³/mol. The van der Waals surface area contributed by atoms with E-state index in [4.69, 9.17) is 0 Å². The van der Waals surface area contributed by atoms with Crippen LogP contribution in [0.2, 0.25) is 0 Å². The van der Waals surface area contributed by atoms with E-state index in [-0.39, 0.29) is 5.91 Å². The Morgan fingerprint density at radius 2 is 2.16 bits per heavy atom. The fourth-order valence-corrected chi connectivity index (χ4v) is 2.94. The molecule has 0 radical (unpaired) electrons. The number of hydrogen-bond acceptors (Lipinski definition) is 3. The zero-order chi connectivity index (χ0) is 13.7. The van der Waals surface area contributed by atoms with Gasteiger partial charge in [0.15, 0.2) is 0 Å². The zero-order valence-corrected chi connectivity index (χ0v) is 11.8. The van der Waals surface area contributed by atoms with Crippen LogP contribution >= 0.6 is 0 Å². The van der Waals surface area contributed by atoms with Crippen molar-refractivity contribution in [2.24, 2.45) is 5.41 Å². The van der Waals surface area contributed by atoms with Crippen molar-refractivity contribution in [3.05, 3.63) is 24.0 Å². The van der Waals surface area contributed by atoms with Crippen LogP contribution in [-0.2, 0) is 0 Å². The van der Waals surface area contributed by atoms with Gasteiger partial charge in [-0.2, -0.15) is 0 Å². The molecule has 0 bridgehead atoms. The quantitative estimate of drug-likeness (QED) is 0.857. The number of amides is 1. The van der Waals surface area contributed by atoms with Gasteiger partial charge in [0.2, 0.25) is 0 Å². The largest absolute Gasteiger partial charge is 0.386 e. The number of rotatable bonds is 5. The molecule has 0 atom stereocenters. The molecule has 1 saturated carbocycles. The van der Waals surface area contributed by atoms with Gasteiger partial charge in [0.25, 0.3) is 5.91 Å². The maximum Gasteiger partial charge on any atom is 0.253 e. The van der Waals surface area contributed by atoms with E-state index in [2.05, 4.69) is 22.5 Å². The van der Waals surface area contributed by atoms with Gasteiger partial charge in [-0.3, -0.25) is 9.78 Å². The van der Waals surface area contributed by atoms with Crippen LogP contribution in [0.4, 0.5) is 5.69 Å². The molecule has 0 spiro atoms. The summed E-state index contributed by atoms with van der Waals surface area (Å²) in [5.74, 6) is -0.00789. The fraction of sp³-hybridized carbons (Fsp3) is 0.600. The molecule has 104 valence electrons. The van der Waals surface area contributed by atoms with Crippen molar-refractivity contribution in [3.63, 3.8) is 0 Å². The molecule has 1 fully saturated rings. The Balaban J connectivity index is 2.01. The lowest BCUT2D eigenvalue weighted by molar-refractivity contribution is 0.0929. The van der Waals surface area contributed by atoms with E-state index in [1.54, 1.807) is 25.5 Å². The predicted octanol–water partition coefficient (Wildman–Crippen LogP) is 2.82. The van der Waals surface area contributed by atoms with Gasteiger partial charge in [-0.05, 0) is 30.7 Å². The Morgan fingerprint density at radius 3 is 2.79 bits per heavy atom. The van der Waals surface area contributed by atoms with Crippen LogP contribution in [0.1, 0.15) is 49.4 Å². The van der Waals surface area contributed by atoms with Crippen LogP contribution in [-0.4, -0.2) is 24.5 Å². The van der Waals surface area contributed by atoms with Crippen molar-refractivity contribution in [2.75, 3.05) is 18.9 Å². The Bertz CT molecular complexity index is 439. The summed E-state index contributed by atoms with van der Waals surface area (Å²) in [6, 6.07) is 1.76. The Hall–Kier alpha value is -1.58. The molecule has 1 heterocycles. The van der Waals surface area contributed by atoms with Gasteiger partial charge < -0.3 is 10.6 Å². The number of hydrogen-bond donors (Lipinski definition) is 2. The van der Waals surface area contributed by atoms with Crippen LogP contribution in [0.25, 0.3) is 0 Å². The van der Waals surface area contributed by atoms with Crippen LogP contribution in [0, 0.1) is 5.41 Å². The van der Waals surface area contributed by atoms with E-state index in [0.717, 1.165) is 18.7 Å². The lowest BCUT2D eigenvalue weighted by Gasteiger charge is -2.27. The van der Waals surface area contributed by atoms with E-state index in [1.807, 2.05) is 0 Å². The highest BCUT2D eigenvalue weighted by molar-refractivity contribution is 5.99. The highest BCUT2D eigenvalue weighted by Crippen LogP contribution is 2.40. The topological polar surface area (TPSA) is 54.0 Å². The standard InChI is InChI=1S/C15H23N3O/c1-3-15(7-4-5-8-15)11-18-14(19)12-6-9-17-10-13(12)16-2/h6,9-10,16H,3-5,7-8,11H2,1-2H3,(H,18,19). The van der Waals surface area contributed by atoms with Gasteiger partial charge in [0.05, 0.1) is 17.4 Å². The molecule has 1 aromatic heterocycles. The van der Waals surface area contributed by atoms with Crippen LogP contribution in [0.3, 0.4) is 0 Å². The lowest BCUT2D eigenvalue weighted by atomic mass is 9.83. The molecule has 0 unspecified atom stereocenters. The SMILES string of the molecule is CCC1(CNC(=O)c2ccncc2NC)CCCC1. The molecule has 2 N–H and O–H groups in total. The third kappa shape index (κ3) is 3.06. The van der Waals surface area contributed by atoms with Gasteiger partial charge >= 0.3 is 0 Å². The number of nitrogens with one attached hydrogen (secondary N) is 2. The molecule has 4 nitrogen and oxygen atoms in total. The Kier molecular flexibility index (Phi) is 4.40. The molecule has 1 aromatic rings. The molecule has 19 heavy (non-hydrogen) atoms. The minimum Gasteiger partial charge on any atom is -0.386 e. The van der Waals surface area contributed by atoms with Gasteiger partial charge in [0, 0.05) is 19.8 Å². The third-order valence-corrected chi connectivity index (χ3v) is 4.37. The van der Waals surface area contributed by atoms with Crippen LogP contribution in [0.5, 0.6) is 0 Å². The molecular formula is C15H23N3O. The summed E-state index contributed by atoms with van der Waals surface area (Å²) in [5.41, 5.74) is 1.77. The number of carbonyl (C=O) groups excluding carboxylic acids is 1. The van der Waals surface area contributed by atoms with E-state index in [1.165, 1.54) is 25.7 Å². The van der Waals surface area contributed by atoms with Gasteiger partial charge in [-0.15, -0.1) is 0 Å². The number of aromatic nitrogens is 1. The summed E-state index contributed by atoms with van der Waals surface area (Å²) in [6.45, 7) is 3.01. The van der Waals surface area contributed by atoms with Crippen molar-refractivity contribution in [1.29, 1.82) is 0 Å². The zero-order valence-electron chi connectivity index (χ0n) is 11.8. The summed E-state index contributed by atoms with van der Waals surface area (Å²) in [5, 5.41) is 6.11. The molecule has 0 aromatic carbocycles. The minimum absolute atomic E-state index is 0.00789. The first-order valence-electron chi connectivity index (χ1n) is 7.11. The average Bonchev–Trinajstić information content (AvgIpc) is 2.94. The van der Waals surface area contributed by atoms with Crippen LogP contribution < -0.4 is 10.6 Å². The van der Waals surface area contributed by atoms with Crippen molar-refractivity contribution in [3.8, 4) is 0 Å². The van der Waals surface area contributed by atoms with E-state index >= 15 is 0 Å². The number of anilines is 1. The molecule has 1 aliphatic rings. The van der Waals surface area contributed by atoms with Gasteiger partial charge in [-0.1, -0.05) is 19.8 Å². The summed E-state index contributed by atoms with van der Waals surface area (Å²) in [4.78, 5) is 16.3. The average molecular weight is 261 g/mol. The molecular weight excluding hydrogens is 238 g/mol. The van der Waals surface area contributed by atoms with Crippen LogP contribution in [0.15, 0.2) is 18.5 Å². The number of carbonyl (C=O) groups is 1. The molecule has 0 saturated heterocycles. The smallest absolute Gasteiger partial charge is 0.253 e. The van der Waals surface area contributed by atoms with Crippen molar-refractivity contribution < 1.29 is 4.79 Å². The van der Waals surface area contributed by atoms with E-state index in [0.29, 0.717) is 11.0 Å². The molecule has 4 heteroatoms. The third-order valence-electron chi connectivity index (χ3n) is 4.37. The van der Waals surface area contributed by atoms with Gasteiger partial charge in [-0.25, -0.2) is 0 Å². The molecule has 1 aliphatic carbocycles. The molecule has 0 aliphatic heterocycles. The van der Waals surface area contributed by atoms with E-state index in [9.17, 15) is 4.79 Å². The maximum atomic E-state index is 12.3. The Morgan fingerprint density at radius 1 is 1.42 bits per heavy atom. The summed E-state index contributed by atoms with van der Waals surface area (Å²) < 4.78 is 0. The second kappa shape index (κ2) is 6.04. The highest BCUT2D eigenvalue weighted by Gasteiger charge is 2.32. The first-order chi connectivity index (χ1) is 9.21. The lowest BCUT2D eigenvalue weighted by Crippen LogP contribution is -2.35. The first kappa shape index (κ1) is 13.8. The molecule has 2 rings (SSSR count). The van der Waals surface area contributed by atoms with Crippen molar-refractivity contribution in [1.82, 2.24) is 10.3 Å². The summed E-state index contributed by atoms with van der Waals surface area (Å²) >= 11 is 0. The Labute approximate surface area is 115 Å². The first-order valence-corrected chi connectivity index (χ1v) is 7.11. The van der Waals surface area contributed by atoms with E-state index < -0.39 is 0 Å². The number of nitrogens with zero attached hydrogens (tertiary/aromatic N) is 1. The van der Waals surface area contributed by atoms with Crippen molar-refractivity contribution >= 4 is 11.6 Å². The second-order valence-corrected chi connectivity index (χ2v) is 5.41. The van der Waals surface area contributed by atoms with Gasteiger partial charge in [0.1, 0.15) is 0 Å². The number of pyridine rings is 1. The summed E-state index contributed by atoms with van der Waals surface area (Å²) in [7, 11) is 1.80. The normalized spacial score (nSPS) is 17.2. The fourth-order valence-electron chi connectivity index (χ4n) is 2.94. The van der Waals surface area contributed by atoms with Crippen molar-refractivity contribution in [2.45, 2.75) is 39.0 Å². The maximum absolute atomic E-state index is 12.3. The monoisotopic (exact) mass is 261 g/mol. The second-order valence-electron chi connectivity index (χ2n) is 5.41. The highest BCUT2D eigenvalue weighted by atomic mass is 16.1. The molecule has 1 amide bonds. The minimum atomic E-state index is -0.00789.